The van der Waals surface area contributed by atoms with Crippen molar-refractivity contribution in [2.24, 2.45) is 11.8 Å². The van der Waals surface area contributed by atoms with Crippen molar-refractivity contribution in [1.82, 2.24) is 19.8 Å². The molecule has 3 heterocycles. The van der Waals surface area contributed by atoms with Crippen LogP contribution in [-0.4, -0.2) is 76.2 Å². The highest BCUT2D eigenvalue weighted by Gasteiger charge is 2.34. The average Bonchev–Trinajstić information content (AvgIpc) is 3.38. The Morgan fingerprint density at radius 2 is 2.03 bits per heavy atom. The molecular weight excluding hydrogens is 440 g/mol. The molecule has 0 saturated heterocycles. The van der Waals surface area contributed by atoms with E-state index in [0.29, 0.717) is 29.2 Å². The Morgan fingerprint density at radius 1 is 1.23 bits per heavy atom. The Morgan fingerprint density at radius 3 is 2.74 bits per heavy atom. The highest BCUT2D eigenvalue weighted by Crippen LogP contribution is 2.29. The van der Waals surface area contributed by atoms with Crippen molar-refractivity contribution >= 4 is 5.91 Å². The fourth-order valence-corrected chi connectivity index (χ4v) is 4.98. The number of aliphatic hydroxyl groups excluding tert-OH is 1. The summed E-state index contributed by atoms with van der Waals surface area (Å²) in [4.78, 5) is 26.4. The lowest BCUT2D eigenvalue weighted by molar-refractivity contribution is 0.0320. The molecule has 186 valence electrons. The molecular formula is C28H36N4O3. The summed E-state index contributed by atoms with van der Waals surface area (Å²) in [6.07, 6.45) is 8.47. The van der Waals surface area contributed by atoms with Crippen molar-refractivity contribution in [3.05, 3.63) is 53.5 Å². The number of rotatable bonds is 6. The summed E-state index contributed by atoms with van der Waals surface area (Å²) in [5, 5.41) is 9.86. The Bertz CT molecular complexity index is 1060. The molecule has 35 heavy (non-hydrogen) atoms. The van der Waals surface area contributed by atoms with E-state index in [-0.39, 0.29) is 30.6 Å². The topological polar surface area (TPSA) is 78.8 Å². The first kappa shape index (κ1) is 25.2. The van der Waals surface area contributed by atoms with Crippen LogP contribution in [0.1, 0.15) is 61.1 Å². The van der Waals surface area contributed by atoms with Gasteiger partial charge in [0.1, 0.15) is 17.4 Å². The van der Waals surface area contributed by atoms with Gasteiger partial charge < -0.3 is 19.6 Å². The molecule has 1 saturated carbocycles. The molecule has 7 heteroatoms. The zero-order valence-corrected chi connectivity index (χ0v) is 21.0. The molecule has 2 aromatic heterocycles. The average molecular weight is 477 g/mol. The van der Waals surface area contributed by atoms with Gasteiger partial charge in [0.25, 0.3) is 5.91 Å². The number of aromatic nitrogens is 2. The van der Waals surface area contributed by atoms with Crippen LogP contribution in [-0.2, 0) is 0 Å². The van der Waals surface area contributed by atoms with E-state index in [1.165, 1.54) is 25.7 Å². The van der Waals surface area contributed by atoms with E-state index in [1.807, 2.05) is 25.1 Å². The maximum absolute atomic E-state index is 13.5. The molecule has 0 bridgehead atoms. The van der Waals surface area contributed by atoms with Gasteiger partial charge in [0.05, 0.1) is 12.6 Å². The second-order valence-electron chi connectivity index (χ2n) is 10.0. The van der Waals surface area contributed by atoms with Gasteiger partial charge in [-0.05, 0) is 56.9 Å². The number of hydrogen-bond acceptors (Lipinski definition) is 6. The molecule has 2 aromatic rings. The first-order chi connectivity index (χ1) is 16.9. The number of carbonyl (C=O) groups is 1. The monoisotopic (exact) mass is 476 g/mol. The summed E-state index contributed by atoms with van der Waals surface area (Å²) in [7, 11) is 2.15. The van der Waals surface area contributed by atoms with Gasteiger partial charge in [-0.25, -0.2) is 9.97 Å². The zero-order chi connectivity index (χ0) is 24.8. The van der Waals surface area contributed by atoms with Gasteiger partial charge in [-0.1, -0.05) is 31.8 Å². The number of nitrogens with zero attached hydrogens (tertiary/aromatic N) is 4. The summed E-state index contributed by atoms with van der Waals surface area (Å²) < 4.78 is 6.41. The highest BCUT2D eigenvalue weighted by atomic mass is 16.5. The minimum Gasteiger partial charge on any atom is -0.472 e. The molecule has 3 atom stereocenters. The van der Waals surface area contributed by atoms with Crippen LogP contribution in [0.3, 0.4) is 0 Å². The molecule has 1 N–H and O–H groups in total. The number of hydrogen-bond donors (Lipinski definition) is 1. The summed E-state index contributed by atoms with van der Waals surface area (Å²) >= 11 is 0. The first-order valence-electron chi connectivity index (χ1n) is 12.6. The Hall–Kier alpha value is -2.95. The molecule has 1 aliphatic carbocycles. The van der Waals surface area contributed by atoms with Crippen molar-refractivity contribution in [2.75, 3.05) is 33.3 Å². The molecule has 0 spiro atoms. The number of fused-ring (bicyclic) bond motifs is 1. The van der Waals surface area contributed by atoms with Crippen molar-refractivity contribution in [2.45, 2.75) is 51.7 Å². The van der Waals surface area contributed by atoms with Gasteiger partial charge in [-0.3, -0.25) is 4.79 Å². The van der Waals surface area contributed by atoms with Crippen LogP contribution >= 0.6 is 0 Å². The maximum atomic E-state index is 13.5. The Labute approximate surface area is 208 Å². The van der Waals surface area contributed by atoms with Crippen LogP contribution in [0.2, 0.25) is 0 Å². The van der Waals surface area contributed by atoms with Gasteiger partial charge in [-0.2, -0.15) is 0 Å². The fraction of sp³-hybridized carbons (Fsp3) is 0.536. The van der Waals surface area contributed by atoms with Crippen molar-refractivity contribution in [1.29, 1.82) is 0 Å². The molecule has 1 fully saturated rings. The second-order valence-corrected chi connectivity index (χ2v) is 10.0. The molecule has 1 amide bonds. The van der Waals surface area contributed by atoms with Crippen molar-refractivity contribution < 1.29 is 14.6 Å². The minimum absolute atomic E-state index is 0.0811. The number of aliphatic hydroxyl groups is 1. The molecule has 0 radical (unpaired) electrons. The van der Waals surface area contributed by atoms with E-state index in [0.717, 1.165) is 19.0 Å². The van der Waals surface area contributed by atoms with Crippen LogP contribution in [0.15, 0.2) is 36.7 Å². The van der Waals surface area contributed by atoms with Crippen LogP contribution in [0.5, 0.6) is 5.88 Å². The van der Waals surface area contributed by atoms with Gasteiger partial charge in [0, 0.05) is 43.5 Å². The minimum atomic E-state index is -0.309. The SMILES string of the molecule is C[C@@H]1CN([C@@H](C)CO)C(=O)c2cc(C#Cc3ccccn3)cnc2O[C@@H]1CN(C)CC1CCCC1. The summed E-state index contributed by atoms with van der Waals surface area (Å²) in [5.41, 5.74) is 1.65. The summed E-state index contributed by atoms with van der Waals surface area (Å²) in [6.45, 7) is 6.20. The molecule has 1 aliphatic heterocycles. The number of pyridine rings is 2. The van der Waals surface area contributed by atoms with Gasteiger partial charge in [0.15, 0.2) is 0 Å². The van der Waals surface area contributed by atoms with E-state index < -0.39 is 0 Å². The number of carbonyl (C=O) groups excluding carboxylic acids is 1. The van der Waals surface area contributed by atoms with Crippen molar-refractivity contribution in [3.8, 4) is 17.7 Å². The quantitative estimate of drug-likeness (QED) is 0.645. The number of likely N-dealkylation sites (N-methyl/N-ethyl adjacent to an activating group) is 1. The third kappa shape index (κ3) is 6.39. The summed E-state index contributed by atoms with van der Waals surface area (Å²) in [5.74, 6) is 7.05. The molecule has 7 nitrogen and oxygen atoms in total. The standard InChI is InChI=1S/C28H36N4O3/c1-20-16-32(21(2)19-33)28(34)25-14-23(11-12-24-10-6-7-13-29-24)15-30-27(25)35-26(20)18-31(3)17-22-8-4-5-9-22/h6-7,10,13-15,20-22,26,33H,4-5,8-9,16-19H2,1-3H3/t20-,21+,26-/m1/s1. The van der Waals surface area contributed by atoms with Gasteiger partial charge >= 0.3 is 0 Å². The Kier molecular flexibility index (Phi) is 8.37. The van der Waals surface area contributed by atoms with Crippen LogP contribution in [0.4, 0.5) is 0 Å². The zero-order valence-electron chi connectivity index (χ0n) is 21.0. The second kappa shape index (κ2) is 11.7. The van der Waals surface area contributed by atoms with Gasteiger partial charge in [-0.15, -0.1) is 0 Å². The predicted molar refractivity (Wildman–Crippen MR) is 135 cm³/mol. The third-order valence-electron chi connectivity index (χ3n) is 7.06. The fourth-order valence-electron chi connectivity index (χ4n) is 4.98. The van der Waals surface area contributed by atoms with E-state index in [4.69, 9.17) is 4.74 Å². The number of amides is 1. The largest absolute Gasteiger partial charge is 0.472 e. The van der Waals surface area contributed by atoms with E-state index >= 15 is 0 Å². The normalized spacial score (nSPS) is 21.5. The maximum Gasteiger partial charge on any atom is 0.259 e. The third-order valence-corrected chi connectivity index (χ3v) is 7.06. The lowest BCUT2D eigenvalue weighted by atomic mass is 9.99. The van der Waals surface area contributed by atoms with Crippen LogP contribution < -0.4 is 4.74 Å². The van der Waals surface area contributed by atoms with Gasteiger partial charge in [0.2, 0.25) is 5.88 Å². The van der Waals surface area contributed by atoms with E-state index in [2.05, 4.69) is 40.7 Å². The first-order valence-corrected chi connectivity index (χ1v) is 12.6. The van der Waals surface area contributed by atoms with E-state index in [1.54, 1.807) is 23.4 Å². The Balaban J connectivity index is 1.61. The van der Waals surface area contributed by atoms with Crippen LogP contribution in [0, 0.1) is 23.7 Å². The number of ether oxygens (including phenoxy) is 1. The van der Waals surface area contributed by atoms with Crippen molar-refractivity contribution in [3.63, 3.8) is 0 Å². The van der Waals surface area contributed by atoms with Crippen LogP contribution in [0.25, 0.3) is 0 Å². The summed E-state index contributed by atoms with van der Waals surface area (Å²) in [6, 6.07) is 6.99. The lowest BCUT2D eigenvalue weighted by Gasteiger charge is -2.38. The highest BCUT2D eigenvalue weighted by molar-refractivity contribution is 5.97. The molecule has 0 aromatic carbocycles. The molecule has 0 unspecified atom stereocenters. The predicted octanol–water partition coefficient (Wildman–Crippen LogP) is 3.22. The molecule has 4 rings (SSSR count). The van der Waals surface area contributed by atoms with E-state index in [9.17, 15) is 9.90 Å². The smallest absolute Gasteiger partial charge is 0.259 e. The lowest BCUT2D eigenvalue weighted by Crippen LogP contribution is -2.50. The molecule has 2 aliphatic rings.